The Bertz CT molecular complexity index is 645. The van der Waals surface area contributed by atoms with Crippen LogP contribution in [0.4, 0.5) is 5.69 Å². The van der Waals surface area contributed by atoms with Crippen LogP contribution in [0.1, 0.15) is 10.5 Å². The Balaban J connectivity index is 2.54. The number of pyridine rings is 1. The summed E-state index contributed by atoms with van der Waals surface area (Å²) in [6, 6.07) is 2.54. The summed E-state index contributed by atoms with van der Waals surface area (Å²) in [5.41, 5.74) is 4.87. The van der Waals surface area contributed by atoms with E-state index in [1.165, 1.54) is 12.1 Å². The molecule has 0 aromatic carbocycles. The van der Waals surface area contributed by atoms with Gasteiger partial charge in [0, 0.05) is 11.5 Å². The van der Waals surface area contributed by atoms with Crippen molar-refractivity contribution in [2.45, 2.75) is 0 Å². The fraction of sp³-hybridized carbons (Fsp3) is 0. The van der Waals surface area contributed by atoms with Crippen LogP contribution in [-0.4, -0.2) is 26.6 Å². The lowest BCUT2D eigenvalue weighted by Gasteiger charge is -1.90. The monoisotopic (exact) mass is 234 g/mol. The second-order valence-corrected chi connectivity index (χ2v) is 3.26. The second-order valence-electron chi connectivity index (χ2n) is 3.26. The van der Waals surface area contributed by atoms with E-state index >= 15 is 0 Å². The van der Waals surface area contributed by atoms with E-state index < -0.39 is 16.6 Å². The van der Waals surface area contributed by atoms with E-state index in [1.807, 2.05) is 0 Å². The maximum absolute atomic E-state index is 11.3. The van der Waals surface area contributed by atoms with Crippen LogP contribution in [0.2, 0.25) is 0 Å². The van der Waals surface area contributed by atoms with Gasteiger partial charge >= 0.3 is 0 Å². The maximum atomic E-state index is 11.3. The number of aromatic amines is 1. The molecular weight excluding hydrogens is 228 g/mol. The number of nitrogens with two attached hydrogens (primary N) is 1. The van der Waals surface area contributed by atoms with E-state index in [0.717, 1.165) is 6.20 Å². The largest absolute Gasteiger partial charge is 0.363 e. The van der Waals surface area contributed by atoms with Gasteiger partial charge in [0.1, 0.15) is 11.8 Å². The number of aromatic nitrogens is 2. The van der Waals surface area contributed by atoms with Gasteiger partial charge in [-0.1, -0.05) is 0 Å². The number of nitrogens with zero attached hydrogens (tertiary/aromatic N) is 2. The summed E-state index contributed by atoms with van der Waals surface area (Å²) in [7, 11) is 0. The van der Waals surface area contributed by atoms with Crippen molar-refractivity contribution in [3.63, 3.8) is 0 Å². The number of amides is 1. The molecule has 2 rings (SSSR count). The Labute approximate surface area is 93.6 Å². The van der Waals surface area contributed by atoms with Crippen LogP contribution in [0.25, 0.3) is 11.0 Å². The van der Waals surface area contributed by atoms with E-state index in [9.17, 15) is 19.7 Å². The number of Topliss-reactive ketones (excluding diaryl/α,β-unsaturated/α-hetero) is 1. The number of carbonyl (C=O) groups is 2. The fourth-order valence-corrected chi connectivity index (χ4v) is 1.36. The molecule has 0 spiro atoms. The number of fused-ring (bicyclic) bond motifs is 1. The fourth-order valence-electron chi connectivity index (χ4n) is 1.36. The van der Waals surface area contributed by atoms with Crippen LogP contribution >= 0.6 is 0 Å². The zero-order valence-electron chi connectivity index (χ0n) is 8.34. The molecule has 0 saturated carbocycles. The zero-order chi connectivity index (χ0) is 12.6. The first-order valence-corrected chi connectivity index (χ1v) is 4.46. The maximum Gasteiger partial charge on any atom is 0.291 e. The minimum atomic E-state index is -1.11. The number of H-pyrrole nitrogens is 1. The molecule has 2 heterocycles. The summed E-state index contributed by atoms with van der Waals surface area (Å²) in [5, 5.41) is 10.9. The number of primary amides is 1. The van der Waals surface area contributed by atoms with Gasteiger partial charge in [-0.15, -0.1) is 0 Å². The average molecular weight is 234 g/mol. The van der Waals surface area contributed by atoms with Gasteiger partial charge in [-0.25, -0.2) is 4.98 Å². The van der Waals surface area contributed by atoms with Gasteiger partial charge in [-0.2, -0.15) is 0 Å². The third kappa shape index (κ3) is 1.83. The van der Waals surface area contributed by atoms with Crippen molar-refractivity contribution in [1.82, 2.24) is 9.97 Å². The van der Waals surface area contributed by atoms with Crippen LogP contribution in [0.3, 0.4) is 0 Å². The van der Waals surface area contributed by atoms with Crippen molar-refractivity contribution < 1.29 is 14.5 Å². The highest BCUT2D eigenvalue weighted by Crippen LogP contribution is 2.19. The van der Waals surface area contributed by atoms with Gasteiger partial charge in [-0.3, -0.25) is 19.7 Å². The molecule has 8 nitrogen and oxygen atoms in total. The first kappa shape index (κ1) is 10.7. The van der Waals surface area contributed by atoms with Gasteiger partial charge in [0.05, 0.1) is 10.6 Å². The third-order valence-electron chi connectivity index (χ3n) is 2.13. The molecule has 0 aliphatic heterocycles. The standard InChI is InChI=1S/C9H6N4O4/c10-8(15)7(14)6-2-4-1-5(13(16)17)3-11-9(4)12-6/h1-3H,(H2,10,15)(H,11,12). The van der Waals surface area contributed by atoms with Gasteiger partial charge in [0.2, 0.25) is 0 Å². The molecule has 0 bridgehead atoms. The number of rotatable bonds is 3. The highest BCUT2D eigenvalue weighted by atomic mass is 16.6. The van der Waals surface area contributed by atoms with Crippen LogP contribution < -0.4 is 5.73 Å². The molecule has 8 heteroatoms. The lowest BCUT2D eigenvalue weighted by atomic mass is 10.2. The number of ketones is 1. The zero-order valence-corrected chi connectivity index (χ0v) is 8.34. The van der Waals surface area contributed by atoms with Crippen molar-refractivity contribution in [3.05, 3.63) is 34.1 Å². The number of hydrogen-bond donors (Lipinski definition) is 2. The minimum Gasteiger partial charge on any atom is -0.363 e. The number of hydrogen-bond acceptors (Lipinski definition) is 5. The smallest absolute Gasteiger partial charge is 0.291 e. The molecule has 0 aliphatic rings. The average Bonchev–Trinajstić information content (AvgIpc) is 2.69. The summed E-state index contributed by atoms with van der Waals surface area (Å²) in [5.74, 6) is -2.00. The molecule has 0 saturated heterocycles. The summed E-state index contributed by atoms with van der Waals surface area (Å²) in [6.07, 6.45) is 1.05. The van der Waals surface area contributed by atoms with Crippen LogP contribution in [-0.2, 0) is 4.79 Å². The predicted octanol–water partition coefficient (Wildman–Crippen LogP) is 0.139. The molecule has 1 amide bonds. The van der Waals surface area contributed by atoms with Gasteiger partial charge < -0.3 is 10.7 Å². The highest BCUT2D eigenvalue weighted by Gasteiger charge is 2.17. The molecular formula is C9H6N4O4. The number of carbonyl (C=O) groups excluding carboxylic acids is 2. The normalized spacial score (nSPS) is 10.4. The van der Waals surface area contributed by atoms with E-state index in [-0.39, 0.29) is 17.0 Å². The van der Waals surface area contributed by atoms with Crippen molar-refractivity contribution in [3.8, 4) is 0 Å². The lowest BCUT2D eigenvalue weighted by molar-refractivity contribution is -0.385. The number of nitrogens with one attached hydrogen (secondary N) is 1. The van der Waals surface area contributed by atoms with E-state index in [4.69, 9.17) is 5.73 Å². The molecule has 0 radical (unpaired) electrons. The Morgan fingerprint density at radius 3 is 2.71 bits per heavy atom. The Morgan fingerprint density at radius 1 is 1.41 bits per heavy atom. The molecule has 0 fully saturated rings. The quantitative estimate of drug-likeness (QED) is 0.337. The van der Waals surface area contributed by atoms with Gasteiger partial charge in [0.15, 0.2) is 0 Å². The molecule has 0 unspecified atom stereocenters. The molecule has 2 aromatic rings. The van der Waals surface area contributed by atoms with E-state index in [1.54, 1.807) is 0 Å². The summed E-state index contributed by atoms with van der Waals surface area (Å²) < 4.78 is 0. The third-order valence-corrected chi connectivity index (χ3v) is 2.13. The molecule has 3 N–H and O–H groups in total. The van der Waals surface area contributed by atoms with Crippen molar-refractivity contribution >= 4 is 28.4 Å². The minimum absolute atomic E-state index is 0.0412. The number of nitro groups is 1. The second kappa shape index (κ2) is 3.67. The highest BCUT2D eigenvalue weighted by molar-refractivity contribution is 6.42. The SMILES string of the molecule is NC(=O)C(=O)c1cc2cc([N+](=O)[O-])cnc2[nH]1. The Morgan fingerprint density at radius 2 is 2.12 bits per heavy atom. The van der Waals surface area contributed by atoms with Crippen LogP contribution in [0.5, 0.6) is 0 Å². The van der Waals surface area contributed by atoms with Gasteiger partial charge in [0.25, 0.3) is 17.4 Å². The first-order valence-electron chi connectivity index (χ1n) is 4.46. The van der Waals surface area contributed by atoms with Gasteiger partial charge in [-0.05, 0) is 6.07 Å². The van der Waals surface area contributed by atoms with Crippen molar-refractivity contribution in [2.24, 2.45) is 5.73 Å². The summed E-state index contributed by atoms with van der Waals surface area (Å²) in [6.45, 7) is 0. The van der Waals surface area contributed by atoms with Crippen LogP contribution in [0, 0.1) is 10.1 Å². The van der Waals surface area contributed by atoms with Crippen LogP contribution in [0.15, 0.2) is 18.3 Å². The van der Waals surface area contributed by atoms with E-state index in [0.29, 0.717) is 5.39 Å². The Kier molecular flexibility index (Phi) is 2.32. The molecule has 86 valence electrons. The van der Waals surface area contributed by atoms with Crippen molar-refractivity contribution in [1.29, 1.82) is 0 Å². The first-order chi connectivity index (χ1) is 7.99. The summed E-state index contributed by atoms with van der Waals surface area (Å²) >= 11 is 0. The molecule has 2 aromatic heterocycles. The lowest BCUT2D eigenvalue weighted by Crippen LogP contribution is -2.23. The summed E-state index contributed by atoms with van der Waals surface area (Å²) in [4.78, 5) is 38.2. The molecule has 17 heavy (non-hydrogen) atoms. The predicted molar refractivity (Wildman–Crippen MR) is 56.3 cm³/mol. The molecule has 0 aliphatic carbocycles. The molecule has 0 atom stereocenters. The Hall–Kier alpha value is -2.77. The van der Waals surface area contributed by atoms with E-state index in [2.05, 4.69) is 9.97 Å². The topological polar surface area (TPSA) is 132 Å². The van der Waals surface area contributed by atoms with Crippen molar-refractivity contribution in [2.75, 3.05) is 0 Å².